The average Bonchev–Trinajstić information content (AvgIpc) is 2.29. The zero-order chi connectivity index (χ0) is 12.4. The molecular weight excluding hydrogens is 323 g/mol. The molecule has 0 unspecified atom stereocenters. The smallest absolute Gasteiger partial charge is 0.193 e. The maximum absolute atomic E-state index is 12.3. The molecule has 0 radical (unpaired) electrons. The minimum atomic E-state index is 0.0962. The lowest BCUT2D eigenvalue weighted by Gasteiger charge is -2.06. The topological polar surface area (TPSA) is 17.1 Å². The lowest BCUT2D eigenvalue weighted by molar-refractivity contribution is 0.103. The third-order valence-electron chi connectivity index (χ3n) is 2.73. The second kappa shape index (κ2) is 5.00. The zero-order valence-corrected chi connectivity index (χ0v) is 12.0. The van der Waals surface area contributed by atoms with Gasteiger partial charge in [-0.2, -0.15) is 0 Å². The van der Waals surface area contributed by atoms with Gasteiger partial charge in [0.25, 0.3) is 0 Å². The molecule has 2 heteroatoms. The summed E-state index contributed by atoms with van der Waals surface area (Å²) in [5, 5.41) is 0. The number of hydrogen-bond acceptors (Lipinski definition) is 1. The van der Waals surface area contributed by atoms with Gasteiger partial charge in [-0.15, -0.1) is 0 Å². The minimum Gasteiger partial charge on any atom is -0.289 e. The monoisotopic (exact) mass is 336 g/mol. The Balaban J connectivity index is 2.40. The third kappa shape index (κ3) is 2.75. The third-order valence-corrected chi connectivity index (χ3v) is 3.45. The van der Waals surface area contributed by atoms with Gasteiger partial charge in [-0.3, -0.25) is 4.79 Å². The predicted molar refractivity (Wildman–Crippen MR) is 78.5 cm³/mol. The molecule has 0 aliphatic heterocycles. The number of halogens is 1. The van der Waals surface area contributed by atoms with Crippen molar-refractivity contribution in [1.82, 2.24) is 0 Å². The SMILES string of the molecule is Cc1ccc(C(=O)c2ccc(I)cc2)c(C)c1. The van der Waals surface area contributed by atoms with Crippen molar-refractivity contribution >= 4 is 28.4 Å². The van der Waals surface area contributed by atoms with Crippen molar-refractivity contribution in [3.05, 3.63) is 68.3 Å². The Morgan fingerprint density at radius 1 is 1.00 bits per heavy atom. The van der Waals surface area contributed by atoms with Gasteiger partial charge in [-0.05, 0) is 66.3 Å². The molecule has 0 N–H and O–H groups in total. The molecule has 0 fully saturated rings. The van der Waals surface area contributed by atoms with E-state index in [2.05, 4.69) is 22.6 Å². The van der Waals surface area contributed by atoms with E-state index in [-0.39, 0.29) is 5.78 Å². The van der Waals surface area contributed by atoms with Gasteiger partial charge in [0, 0.05) is 14.7 Å². The summed E-state index contributed by atoms with van der Waals surface area (Å²) in [6.45, 7) is 4.01. The molecule has 2 aromatic rings. The lowest BCUT2D eigenvalue weighted by Crippen LogP contribution is -2.03. The fourth-order valence-electron chi connectivity index (χ4n) is 1.83. The van der Waals surface area contributed by atoms with Crippen LogP contribution in [-0.4, -0.2) is 5.78 Å². The maximum atomic E-state index is 12.3. The molecule has 0 heterocycles. The number of aryl methyl sites for hydroxylation is 2. The van der Waals surface area contributed by atoms with Crippen molar-refractivity contribution in [3.8, 4) is 0 Å². The molecule has 17 heavy (non-hydrogen) atoms. The summed E-state index contributed by atoms with van der Waals surface area (Å²) in [7, 11) is 0. The highest BCUT2D eigenvalue weighted by Crippen LogP contribution is 2.16. The van der Waals surface area contributed by atoms with E-state index < -0.39 is 0 Å². The van der Waals surface area contributed by atoms with Crippen LogP contribution in [0.3, 0.4) is 0 Å². The summed E-state index contributed by atoms with van der Waals surface area (Å²) in [6, 6.07) is 13.6. The van der Waals surface area contributed by atoms with Crippen LogP contribution in [-0.2, 0) is 0 Å². The quantitative estimate of drug-likeness (QED) is 0.595. The molecule has 1 nitrogen and oxygen atoms in total. The average molecular weight is 336 g/mol. The van der Waals surface area contributed by atoms with Gasteiger partial charge < -0.3 is 0 Å². The first-order chi connectivity index (χ1) is 8.08. The fourth-order valence-corrected chi connectivity index (χ4v) is 2.18. The van der Waals surface area contributed by atoms with Gasteiger partial charge in [0.2, 0.25) is 0 Å². The van der Waals surface area contributed by atoms with E-state index in [9.17, 15) is 4.79 Å². The summed E-state index contributed by atoms with van der Waals surface area (Å²) in [5.41, 5.74) is 3.75. The minimum absolute atomic E-state index is 0.0962. The molecule has 2 rings (SSSR count). The fraction of sp³-hybridized carbons (Fsp3) is 0.133. The van der Waals surface area contributed by atoms with Crippen molar-refractivity contribution in [1.29, 1.82) is 0 Å². The predicted octanol–water partition coefficient (Wildman–Crippen LogP) is 4.14. The Morgan fingerprint density at radius 3 is 2.24 bits per heavy atom. The number of carbonyl (C=O) groups is 1. The normalized spacial score (nSPS) is 10.3. The van der Waals surface area contributed by atoms with E-state index in [0.29, 0.717) is 0 Å². The second-order valence-electron chi connectivity index (χ2n) is 4.15. The number of ketones is 1. The largest absolute Gasteiger partial charge is 0.289 e. The molecule has 0 amide bonds. The summed E-state index contributed by atoms with van der Waals surface area (Å²) < 4.78 is 1.14. The molecule has 0 aliphatic rings. The summed E-state index contributed by atoms with van der Waals surface area (Å²) >= 11 is 2.23. The molecule has 0 aliphatic carbocycles. The molecule has 2 aromatic carbocycles. The first-order valence-corrected chi connectivity index (χ1v) is 6.53. The lowest BCUT2D eigenvalue weighted by atomic mass is 9.98. The first kappa shape index (κ1) is 12.3. The molecule has 0 saturated carbocycles. The highest BCUT2D eigenvalue weighted by Gasteiger charge is 2.11. The van der Waals surface area contributed by atoms with Crippen molar-refractivity contribution in [2.24, 2.45) is 0 Å². The van der Waals surface area contributed by atoms with E-state index in [4.69, 9.17) is 0 Å². The van der Waals surface area contributed by atoms with Crippen LogP contribution in [0, 0.1) is 17.4 Å². The molecule has 0 saturated heterocycles. The summed E-state index contributed by atoms with van der Waals surface area (Å²) in [5.74, 6) is 0.0962. The van der Waals surface area contributed by atoms with Gasteiger partial charge in [-0.25, -0.2) is 0 Å². The van der Waals surface area contributed by atoms with E-state index in [1.54, 1.807) is 0 Å². The van der Waals surface area contributed by atoms with Crippen LogP contribution in [0.1, 0.15) is 27.0 Å². The van der Waals surface area contributed by atoms with E-state index in [1.165, 1.54) is 5.56 Å². The van der Waals surface area contributed by atoms with Gasteiger partial charge >= 0.3 is 0 Å². The molecule has 0 atom stereocenters. The summed E-state index contributed by atoms with van der Waals surface area (Å²) in [6.07, 6.45) is 0. The molecule has 0 aromatic heterocycles. The Bertz CT molecular complexity index is 556. The zero-order valence-electron chi connectivity index (χ0n) is 9.83. The number of hydrogen-bond donors (Lipinski definition) is 0. The maximum Gasteiger partial charge on any atom is 0.193 e. The van der Waals surface area contributed by atoms with Crippen LogP contribution in [0.2, 0.25) is 0 Å². The highest BCUT2D eigenvalue weighted by molar-refractivity contribution is 14.1. The van der Waals surface area contributed by atoms with Crippen molar-refractivity contribution < 1.29 is 4.79 Å². The standard InChI is InChI=1S/C15H13IO/c1-10-3-8-14(11(2)9-10)15(17)12-4-6-13(16)7-5-12/h3-9H,1-2H3. The number of benzene rings is 2. The van der Waals surface area contributed by atoms with Gasteiger partial charge in [-0.1, -0.05) is 23.8 Å². The molecular formula is C15H13IO. The van der Waals surface area contributed by atoms with Gasteiger partial charge in [0.15, 0.2) is 5.78 Å². The van der Waals surface area contributed by atoms with Crippen LogP contribution >= 0.6 is 22.6 Å². The molecule has 0 bridgehead atoms. The van der Waals surface area contributed by atoms with Crippen LogP contribution < -0.4 is 0 Å². The van der Waals surface area contributed by atoms with E-state index in [0.717, 1.165) is 20.3 Å². The van der Waals surface area contributed by atoms with Crippen LogP contribution in [0.5, 0.6) is 0 Å². The summed E-state index contributed by atoms with van der Waals surface area (Å²) in [4.78, 5) is 12.3. The van der Waals surface area contributed by atoms with E-state index in [1.807, 2.05) is 56.3 Å². The van der Waals surface area contributed by atoms with Gasteiger partial charge in [0.05, 0.1) is 0 Å². The van der Waals surface area contributed by atoms with Crippen LogP contribution in [0.4, 0.5) is 0 Å². The highest BCUT2D eigenvalue weighted by atomic mass is 127. The Kier molecular flexibility index (Phi) is 3.62. The Morgan fingerprint density at radius 2 is 1.65 bits per heavy atom. The van der Waals surface area contributed by atoms with Crippen molar-refractivity contribution in [2.75, 3.05) is 0 Å². The van der Waals surface area contributed by atoms with Gasteiger partial charge in [0.1, 0.15) is 0 Å². The number of rotatable bonds is 2. The Labute approximate surface area is 115 Å². The first-order valence-electron chi connectivity index (χ1n) is 5.45. The van der Waals surface area contributed by atoms with Crippen LogP contribution in [0.25, 0.3) is 0 Å². The van der Waals surface area contributed by atoms with E-state index >= 15 is 0 Å². The number of carbonyl (C=O) groups excluding carboxylic acids is 1. The van der Waals surface area contributed by atoms with Crippen LogP contribution in [0.15, 0.2) is 42.5 Å². The van der Waals surface area contributed by atoms with Crippen molar-refractivity contribution in [2.45, 2.75) is 13.8 Å². The molecule has 86 valence electrons. The Hall–Kier alpha value is -1.16. The van der Waals surface area contributed by atoms with Crippen molar-refractivity contribution in [3.63, 3.8) is 0 Å². The second-order valence-corrected chi connectivity index (χ2v) is 5.40. The molecule has 0 spiro atoms.